The summed E-state index contributed by atoms with van der Waals surface area (Å²) in [5.74, 6) is -0.268. The van der Waals surface area contributed by atoms with Crippen LogP contribution in [0.3, 0.4) is 0 Å². The molecule has 0 fully saturated rings. The quantitative estimate of drug-likeness (QED) is 0.843. The van der Waals surface area contributed by atoms with Crippen LogP contribution in [0.25, 0.3) is 0 Å². The van der Waals surface area contributed by atoms with Gasteiger partial charge in [0.1, 0.15) is 5.82 Å². The Balaban J connectivity index is 1.89. The lowest BCUT2D eigenvalue weighted by Gasteiger charge is -2.26. The van der Waals surface area contributed by atoms with E-state index in [0.29, 0.717) is 23.7 Å². The summed E-state index contributed by atoms with van der Waals surface area (Å²) < 4.78 is 13.9. The second kappa shape index (κ2) is 7.47. The molecule has 3 nitrogen and oxygen atoms in total. The third-order valence-electron chi connectivity index (χ3n) is 3.69. The Morgan fingerprint density at radius 1 is 1.09 bits per heavy atom. The molecule has 0 saturated heterocycles. The van der Waals surface area contributed by atoms with Crippen LogP contribution in [-0.2, 0) is 12.0 Å². The smallest absolute Gasteiger partial charge is 0.315 e. The molecule has 0 aliphatic carbocycles. The summed E-state index contributed by atoms with van der Waals surface area (Å²) in [6.07, 6.45) is 0. The van der Waals surface area contributed by atoms with Gasteiger partial charge in [0.25, 0.3) is 0 Å². The highest BCUT2D eigenvalue weighted by molar-refractivity contribution is 6.31. The molecule has 122 valence electrons. The Labute approximate surface area is 140 Å². The van der Waals surface area contributed by atoms with Crippen LogP contribution in [0, 0.1) is 5.82 Å². The van der Waals surface area contributed by atoms with Gasteiger partial charge in [0.2, 0.25) is 0 Å². The third kappa shape index (κ3) is 4.70. The van der Waals surface area contributed by atoms with Gasteiger partial charge in [0, 0.05) is 23.5 Å². The lowest BCUT2D eigenvalue weighted by molar-refractivity contribution is 0.238. The minimum atomic E-state index is -0.507. The minimum absolute atomic E-state index is 0.268. The van der Waals surface area contributed by atoms with Crippen molar-refractivity contribution in [1.29, 1.82) is 0 Å². The average molecular weight is 335 g/mol. The number of halogens is 2. The molecule has 2 aromatic carbocycles. The predicted molar refractivity (Wildman–Crippen MR) is 91.1 cm³/mol. The third-order valence-corrected chi connectivity index (χ3v) is 4.06. The molecule has 0 spiro atoms. The average Bonchev–Trinajstić information content (AvgIpc) is 2.52. The maximum absolute atomic E-state index is 13.9. The molecule has 0 saturated carbocycles. The van der Waals surface area contributed by atoms with Gasteiger partial charge in [-0.25, -0.2) is 9.18 Å². The number of hydrogen-bond acceptors (Lipinski definition) is 1. The molecule has 2 amide bonds. The largest absolute Gasteiger partial charge is 0.337 e. The van der Waals surface area contributed by atoms with E-state index in [2.05, 4.69) is 10.6 Å². The molecule has 0 unspecified atom stereocenters. The lowest BCUT2D eigenvalue weighted by Crippen LogP contribution is -2.42. The van der Waals surface area contributed by atoms with E-state index in [0.717, 1.165) is 5.56 Å². The molecule has 2 aromatic rings. The first kappa shape index (κ1) is 17.3. The van der Waals surface area contributed by atoms with Crippen LogP contribution in [0.15, 0.2) is 48.5 Å². The van der Waals surface area contributed by atoms with E-state index in [4.69, 9.17) is 11.6 Å². The van der Waals surface area contributed by atoms with Crippen molar-refractivity contribution in [3.63, 3.8) is 0 Å². The maximum Gasteiger partial charge on any atom is 0.315 e. The highest BCUT2D eigenvalue weighted by atomic mass is 35.5. The summed E-state index contributed by atoms with van der Waals surface area (Å²) in [5, 5.41) is 6.14. The Bertz CT molecular complexity index is 688. The summed E-state index contributed by atoms with van der Waals surface area (Å²) in [6, 6.07) is 13.6. The molecule has 0 aliphatic rings. The number of hydrogen-bond donors (Lipinski definition) is 2. The fourth-order valence-electron chi connectivity index (χ4n) is 2.29. The van der Waals surface area contributed by atoms with Crippen molar-refractivity contribution in [3.05, 3.63) is 70.5 Å². The maximum atomic E-state index is 13.9. The fourth-order valence-corrected chi connectivity index (χ4v) is 2.49. The normalized spacial score (nSPS) is 11.1. The highest BCUT2D eigenvalue weighted by Gasteiger charge is 2.24. The standard InChI is InChI=1S/C18H20ClFN2O/c1-18(2,14-8-4-6-10-16(14)20)12-22-17(23)21-11-13-7-3-5-9-15(13)19/h3-10H,11-12H2,1-2H3,(H2,21,22,23). The Kier molecular flexibility index (Phi) is 5.61. The number of carbonyl (C=O) groups excluding carboxylic acids is 1. The SMILES string of the molecule is CC(C)(CNC(=O)NCc1ccccc1Cl)c1ccccc1F. The van der Waals surface area contributed by atoms with E-state index in [1.54, 1.807) is 24.3 Å². The number of carbonyl (C=O) groups is 1. The van der Waals surface area contributed by atoms with Gasteiger partial charge >= 0.3 is 6.03 Å². The van der Waals surface area contributed by atoms with Crippen molar-refractivity contribution >= 4 is 17.6 Å². The van der Waals surface area contributed by atoms with Gasteiger partial charge in [-0.3, -0.25) is 0 Å². The zero-order valence-electron chi connectivity index (χ0n) is 13.2. The summed E-state index contributed by atoms with van der Waals surface area (Å²) in [7, 11) is 0. The van der Waals surface area contributed by atoms with E-state index >= 15 is 0 Å². The van der Waals surface area contributed by atoms with Gasteiger partial charge in [0.15, 0.2) is 0 Å². The topological polar surface area (TPSA) is 41.1 Å². The Hall–Kier alpha value is -2.07. The minimum Gasteiger partial charge on any atom is -0.337 e. The first-order chi connectivity index (χ1) is 10.9. The number of amides is 2. The van der Waals surface area contributed by atoms with Crippen LogP contribution in [0.1, 0.15) is 25.0 Å². The molecule has 0 heterocycles. The molecule has 0 aliphatic heterocycles. The van der Waals surface area contributed by atoms with E-state index in [9.17, 15) is 9.18 Å². The molecule has 0 radical (unpaired) electrons. The molecule has 0 aromatic heterocycles. The molecular formula is C18H20ClFN2O. The fraction of sp³-hybridized carbons (Fsp3) is 0.278. The number of nitrogens with one attached hydrogen (secondary N) is 2. The van der Waals surface area contributed by atoms with Gasteiger partial charge in [-0.2, -0.15) is 0 Å². The zero-order valence-corrected chi connectivity index (χ0v) is 14.0. The molecule has 0 bridgehead atoms. The van der Waals surface area contributed by atoms with Crippen molar-refractivity contribution in [2.75, 3.05) is 6.54 Å². The molecule has 5 heteroatoms. The van der Waals surface area contributed by atoms with E-state index in [-0.39, 0.29) is 11.8 Å². The first-order valence-electron chi connectivity index (χ1n) is 7.40. The van der Waals surface area contributed by atoms with E-state index in [1.807, 2.05) is 32.0 Å². The lowest BCUT2D eigenvalue weighted by atomic mass is 9.84. The van der Waals surface area contributed by atoms with Gasteiger partial charge in [0.05, 0.1) is 0 Å². The first-order valence-corrected chi connectivity index (χ1v) is 7.78. The summed E-state index contributed by atoms with van der Waals surface area (Å²) in [5.41, 5.74) is 0.914. The van der Waals surface area contributed by atoms with Crippen LogP contribution >= 0.6 is 11.6 Å². The Morgan fingerprint density at radius 3 is 2.43 bits per heavy atom. The summed E-state index contributed by atoms with van der Waals surface area (Å²) in [4.78, 5) is 11.9. The highest BCUT2D eigenvalue weighted by Crippen LogP contribution is 2.24. The molecular weight excluding hydrogens is 315 g/mol. The van der Waals surface area contributed by atoms with Gasteiger partial charge in [-0.15, -0.1) is 0 Å². The summed E-state index contributed by atoms with van der Waals surface area (Å²) in [6.45, 7) is 4.44. The zero-order chi connectivity index (χ0) is 16.9. The second-order valence-electron chi connectivity index (χ2n) is 5.99. The summed E-state index contributed by atoms with van der Waals surface area (Å²) >= 11 is 6.04. The number of urea groups is 1. The molecule has 0 atom stereocenters. The van der Waals surface area contributed by atoms with Crippen molar-refractivity contribution in [2.24, 2.45) is 0 Å². The van der Waals surface area contributed by atoms with Crippen molar-refractivity contribution in [2.45, 2.75) is 25.8 Å². The van der Waals surface area contributed by atoms with Crippen molar-refractivity contribution in [3.8, 4) is 0 Å². The second-order valence-corrected chi connectivity index (χ2v) is 6.40. The van der Waals surface area contributed by atoms with Crippen molar-refractivity contribution in [1.82, 2.24) is 10.6 Å². The van der Waals surface area contributed by atoms with E-state index < -0.39 is 5.41 Å². The monoisotopic (exact) mass is 334 g/mol. The van der Waals surface area contributed by atoms with Gasteiger partial charge < -0.3 is 10.6 Å². The van der Waals surface area contributed by atoms with Crippen LogP contribution in [-0.4, -0.2) is 12.6 Å². The van der Waals surface area contributed by atoms with Crippen molar-refractivity contribution < 1.29 is 9.18 Å². The molecule has 23 heavy (non-hydrogen) atoms. The number of benzene rings is 2. The predicted octanol–water partition coefficient (Wildman–Crippen LogP) is 4.26. The van der Waals surface area contributed by atoms with Crippen LogP contribution in [0.4, 0.5) is 9.18 Å². The van der Waals surface area contributed by atoms with Gasteiger partial charge in [-0.05, 0) is 23.3 Å². The van der Waals surface area contributed by atoms with Crippen LogP contribution in [0.5, 0.6) is 0 Å². The van der Waals surface area contributed by atoms with E-state index in [1.165, 1.54) is 6.07 Å². The number of rotatable bonds is 5. The molecule has 2 rings (SSSR count). The molecule has 2 N–H and O–H groups in total. The Morgan fingerprint density at radius 2 is 1.74 bits per heavy atom. The van der Waals surface area contributed by atoms with Gasteiger partial charge in [-0.1, -0.05) is 61.8 Å². The van der Waals surface area contributed by atoms with Crippen LogP contribution < -0.4 is 10.6 Å². The van der Waals surface area contributed by atoms with Crippen LogP contribution in [0.2, 0.25) is 5.02 Å².